The van der Waals surface area contributed by atoms with Crippen molar-refractivity contribution in [3.63, 3.8) is 0 Å². The predicted octanol–water partition coefficient (Wildman–Crippen LogP) is 1.54. The van der Waals surface area contributed by atoms with E-state index in [1.165, 1.54) is 4.31 Å². The summed E-state index contributed by atoms with van der Waals surface area (Å²) in [4.78, 5) is 13.4. The Kier molecular flexibility index (Phi) is 7.16. The van der Waals surface area contributed by atoms with Gasteiger partial charge in [-0.25, -0.2) is 8.42 Å². The number of alkyl halides is 1. The number of hydrogen-bond acceptors (Lipinski definition) is 4. The highest BCUT2D eigenvalue weighted by molar-refractivity contribution is 7.89. The van der Waals surface area contributed by atoms with Gasteiger partial charge in [0, 0.05) is 55.7 Å². The maximum atomic E-state index is 12.3. The van der Waals surface area contributed by atoms with Crippen LogP contribution in [0.15, 0.2) is 24.3 Å². The monoisotopic (exact) mass is 393 g/mol. The number of piperazine rings is 1. The number of carbonyl (C=O) groups is 1. The van der Waals surface area contributed by atoms with Crippen LogP contribution in [0.4, 0.5) is 5.69 Å². The van der Waals surface area contributed by atoms with Gasteiger partial charge in [-0.05, 0) is 18.2 Å². The van der Waals surface area contributed by atoms with Crippen molar-refractivity contribution in [3.8, 4) is 0 Å². The van der Waals surface area contributed by atoms with E-state index in [0.29, 0.717) is 31.2 Å². The molecule has 24 heavy (non-hydrogen) atoms. The molecule has 6 nitrogen and oxygen atoms in total. The lowest BCUT2D eigenvalue weighted by molar-refractivity contribution is -0.120. The molecule has 0 saturated carbocycles. The molecule has 1 heterocycles. The van der Waals surface area contributed by atoms with Gasteiger partial charge in [0.1, 0.15) is 0 Å². The number of amides is 1. The van der Waals surface area contributed by atoms with Crippen molar-refractivity contribution in [2.45, 2.75) is 6.42 Å². The Balaban J connectivity index is 1.83. The molecule has 1 aliphatic rings. The molecule has 0 spiro atoms. The van der Waals surface area contributed by atoms with Gasteiger partial charge in [-0.15, -0.1) is 11.6 Å². The Morgan fingerprint density at radius 1 is 1.21 bits per heavy atom. The molecule has 9 heteroatoms. The molecule has 1 saturated heterocycles. The van der Waals surface area contributed by atoms with Crippen molar-refractivity contribution in [1.29, 1.82) is 0 Å². The third-order valence-electron chi connectivity index (χ3n) is 3.81. The van der Waals surface area contributed by atoms with Gasteiger partial charge in [0.25, 0.3) is 0 Å². The molecule has 0 aliphatic carbocycles. The molecule has 1 aromatic carbocycles. The summed E-state index contributed by atoms with van der Waals surface area (Å²) in [6, 6.07) is 7.52. The van der Waals surface area contributed by atoms with Crippen LogP contribution in [-0.4, -0.2) is 63.0 Å². The predicted molar refractivity (Wildman–Crippen MR) is 97.4 cm³/mol. The van der Waals surface area contributed by atoms with E-state index in [4.69, 9.17) is 23.2 Å². The van der Waals surface area contributed by atoms with Crippen LogP contribution in [-0.2, 0) is 14.8 Å². The first kappa shape index (κ1) is 19.3. The highest BCUT2D eigenvalue weighted by Crippen LogP contribution is 2.21. The van der Waals surface area contributed by atoms with Gasteiger partial charge in [0.05, 0.1) is 5.75 Å². The van der Waals surface area contributed by atoms with E-state index >= 15 is 0 Å². The molecule has 1 aliphatic heterocycles. The van der Waals surface area contributed by atoms with Crippen LogP contribution >= 0.6 is 23.2 Å². The minimum atomic E-state index is -3.37. The number of benzene rings is 1. The minimum Gasteiger partial charge on any atom is -0.369 e. The van der Waals surface area contributed by atoms with Crippen LogP contribution in [0.25, 0.3) is 0 Å². The topological polar surface area (TPSA) is 69.7 Å². The molecule has 2 rings (SSSR count). The normalized spacial score (nSPS) is 16.2. The summed E-state index contributed by atoms with van der Waals surface area (Å²) in [5.41, 5.74) is 0.993. The van der Waals surface area contributed by atoms with E-state index in [1.54, 1.807) is 0 Å². The van der Waals surface area contributed by atoms with Crippen LogP contribution in [0.2, 0.25) is 5.02 Å². The number of nitrogens with zero attached hydrogens (tertiary/aromatic N) is 2. The summed E-state index contributed by atoms with van der Waals surface area (Å²) in [6.45, 7) is 2.16. The van der Waals surface area contributed by atoms with E-state index in [1.807, 2.05) is 24.3 Å². The standard InChI is InChI=1S/C15H21Cl2N3O3S/c16-5-4-15(21)18-6-11-24(22,23)20-9-7-19(8-10-20)14-3-1-2-13(17)12-14/h1-3,12H,4-11H2,(H,18,21). The van der Waals surface area contributed by atoms with E-state index in [2.05, 4.69) is 10.2 Å². The lowest BCUT2D eigenvalue weighted by Crippen LogP contribution is -2.50. The summed E-state index contributed by atoms with van der Waals surface area (Å²) in [6.07, 6.45) is 0.194. The molecule has 1 aromatic rings. The summed E-state index contributed by atoms with van der Waals surface area (Å²) < 4.78 is 26.1. The van der Waals surface area contributed by atoms with Gasteiger partial charge in [-0.3, -0.25) is 4.79 Å². The average molecular weight is 394 g/mol. The number of carbonyl (C=O) groups excluding carboxylic acids is 1. The molecule has 0 atom stereocenters. The summed E-state index contributed by atoms with van der Waals surface area (Å²) in [7, 11) is -3.37. The highest BCUT2D eigenvalue weighted by atomic mass is 35.5. The van der Waals surface area contributed by atoms with E-state index in [0.717, 1.165) is 5.69 Å². The van der Waals surface area contributed by atoms with Gasteiger partial charge < -0.3 is 10.2 Å². The number of anilines is 1. The third kappa shape index (κ3) is 5.51. The zero-order chi connectivity index (χ0) is 17.6. The maximum Gasteiger partial charge on any atom is 0.221 e. The number of halogens is 2. The van der Waals surface area contributed by atoms with Crippen molar-refractivity contribution in [2.24, 2.45) is 0 Å². The molecule has 0 radical (unpaired) electrons. The van der Waals surface area contributed by atoms with E-state index in [9.17, 15) is 13.2 Å². The second-order valence-corrected chi connectivity index (χ2v) is 8.37. The van der Waals surface area contributed by atoms with Crippen molar-refractivity contribution in [2.75, 3.05) is 49.3 Å². The van der Waals surface area contributed by atoms with Gasteiger partial charge in [-0.2, -0.15) is 4.31 Å². The zero-order valence-electron chi connectivity index (χ0n) is 13.2. The van der Waals surface area contributed by atoms with Crippen molar-refractivity contribution in [1.82, 2.24) is 9.62 Å². The van der Waals surface area contributed by atoms with Crippen molar-refractivity contribution in [3.05, 3.63) is 29.3 Å². The lowest BCUT2D eigenvalue weighted by atomic mass is 10.2. The van der Waals surface area contributed by atoms with Crippen LogP contribution < -0.4 is 10.2 Å². The highest BCUT2D eigenvalue weighted by Gasteiger charge is 2.26. The van der Waals surface area contributed by atoms with Crippen LogP contribution in [0, 0.1) is 0 Å². The second kappa shape index (κ2) is 8.89. The Morgan fingerprint density at radius 2 is 1.92 bits per heavy atom. The largest absolute Gasteiger partial charge is 0.369 e. The first-order valence-corrected chi connectivity index (χ1v) is 10.3. The zero-order valence-corrected chi connectivity index (χ0v) is 15.6. The smallest absolute Gasteiger partial charge is 0.221 e. The molecule has 1 amide bonds. The van der Waals surface area contributed by atoms with Crippen molar-refractivity contribution >= 4 is 44.8 Å². The van der Waals surface area contributed by atoms with Crippen LogP contribution in [0.3, 0.4) is 0 Å². The van der Waals surface area contributed by atoms with Crippen LogP contribution in [0.1, 0.15) is 6.42 Å². The van der Waals surface area contributed by atoms with Gasteiger partial charge in [0.15, 0.2) is 0 Å². The summed E-state index contributed by atoms with van der Waals surface area (Å²) >= 11 is 11.5. The average Bonchev–Trinajstić information content (AvgIpc) is 2.55. The van der Waals surface area contributed by atoms with Crippen molar-refractivity contribution < 1.29 is 13.2 Å². The molecule has 1 N–H and O–H groups in total. The number of sulfonamides is 1. The van der Waals surface area contributed by atoms with Crippen LogP contribution in [0.5, 0.6) is 0 Å². The fourth-order valence-electron chi connectivity index (χ4n) is 2.52. The van der Waals surface area contributed by atoms with E-state index < -0.39 is 10.0 Å². The molecule has 0 bridgehead atoms. The molecule has 134 valence electrons. The lowest BCUT2D eigenvalue weighted by Gasteiger charge is -2.35. The Hall–Kier alpha value is -1.02. The Bertz CT molecular complexity index is 662. The van der Waals surface area contributed by atoms with Gasteiger partial charge in [-0.1, -0.05) is 17.7 Å². The molecule has 0 aromatic heterocycles. The van der Waals surface area contributed by atoms with Gasteiger partial charge >= 0.3 is 0 Å². The molecular weight excluding hydrogens is 373 g/mol. The molecule has 1 fully saturated rings. The molecule has 0 unspecified atom stereocenters. The summed E-state index contributed by atoms with van der Waals surface area (Å²) in [5.74, 6) is -0.103. The molecular formula is C15H21Cl2N3O3S. The summed E-state index contributed by atoms with van der Waals surface area (Å²) in [5, 5.41) is 3.23. The maximum absolute atomic E-state index is 12.3. The third-order valence-corrected chi connectivity index (χ3v) is 6.11. The van der Waals surface area contributed by atoms with E-state index in [-0.39, 0.29) is 30.5 Å². The fraction of sp³-hybridized carbons (Fsp3) is 0.533. The SMILES string of the molecule is O=C(CCCl)NCCS(=O)(=O)N1CCN(c2cccc(Cl)c2)CC1. The Labute approximate surface area is 152 Å². The number of hydrogen-bond donors (Lipinski definition) is 1. The number of nitrogens with one attached hydrogen (secondary N) is 1. The van der Waals surface area contributed by atoms with Gasteiger partial charge in [0.2, 0.25) is 15.9 Å². The minimum absolute atomic E-state index is 0.0990. The fourth-order valence-corrected chi connectivity index (χ4v) is 4.21. The quantitative estimate of drug-likeness (QED) is 0.713. The first-order valence-electron chi connectivity index (χ1n) is 7.73. The Morgan fingerprint density at radius 3 is 2.54 bits per heavy atom. The number of rotatable bonds is 7. The first-order chi connectivity index (χ1) is 11.4. The second-order valence-electron chi connectivity index (χ2n) is 5.47.